The van der Waals surface area contributed by atoms with Crippen molar-refractivity contribution in [3.05, 3.63) is 34.8 Å². The molecule has 1 fully saturated rings. The molecule has 0 spiro atoms. The van der Waals surface area contributed by atoms with Crippen molar-refractivity contribution in [2.45, 2.75) is 6.92 Å². The standard InChI is InChI=1S/C18H15FN4O3S2/c1-9-20-12-7-11(10(19)6-13(12)26-9)21-16(24)14-8-15-17(27-14)22-18(28-15)23-2-4-25-5-3-23/h6-8H,2-5H2,1H3,(H,21,24). The van der Waals surface area contributed by atoms with Crippen LogP contribution in [0.1, 0.15) is 15.6 Å². The molecule has 0 bridgehead atoms. The van der Waals surface area contributed by atoms with Gasteiger partial charge in [0.05, 0.1) is 28.5 Å². The second-order valence-electron chi connectivity index (χ2n) is 6.36. The summed E-state index contributed by atoms with van der Waals surface area (Å²) >= 11 is 2.85. The Hall–Kier alpha value is -2.56. The molecule has 1 aliphatic heterocycles. The summed E-state index contributed by atoms with van der Waals surface area (Å²) in [7, 11) is 0. The van der Waals surface area contributed by atoms with Crippen LogP contribution in [-0.2, 0) is 4.74 Å². The lowest BCUT2D eigenvalue weighted by Crippen LogP contribution is -2.36. The van der Waals surface area contributed by atoms with E-state index in [1.807, 2.05) is 0 Å². The minimum absolute atomic E-state index is 0.0736. The number of amides is 1. The lowest BCUT2D eigenvalue weighted by atomic mass is 10.2. The molecule has 144 valence electrons. The molecular formula is C18H15FN4O3S2. The largest absolute Gasteiger partial charge is 0.441 e. The van der Waals surface area contributed by atoms with Crippen molar-refractivity contribution >= 4 is 60.0 Å². The van der Waals surface area contributed by atoms with E-state index in [4.69, 9.17) is 9.15 Å². The predicted octanol–water partition coefficient (Wildman–Crippen LogP) is 4.04. The lowest BCUT2D eigenvalue weighted by Gasteiger charge is -2.25. The molecule has 28 heavy (non-hydrogen) atoms. The molecule has 7 nitrogen and oxygen atoms in total. The average Bonchev–Trinajstić information content (AvgIpc) is 3.34. The fourth-order valence-electron chi connectivity index (χ4n) is 3.07. The molecule has 10 heteroatoms. The SMILES string of the molecule is Cc1nc2cc(NC(=O)c3cc4sc(N5CCOCC5)nc4s3)c(F)cc2o1. The van der Waals surface area contributed by atoms with Gasteiger partial charge in [-0.25, -0.2) is 14.4 Å². The van der Waals surface area contributed by atoms with Gasteiger partial charge in [-0.15, -0.1) is 11.3 Å². The summed E-state index contributed by atoms with van der Waals surface area (Å²) in [4.78, 5) is 24.9. The maximum absolute atomic E-state index is 14.3. The van der Waals surface area contributed by atoms with Crippen LogP contribution in [0.25, 0.3) is 20.6 Å². The van der Waals surface area contributed by atoms with Gasteiger partial charge in [0.25, 0.3) is 5.91 Å². The molecule has 1 N–H and O–H groups in total. The number of rotatable bonds is 3. The van der Waals surface area contributed by atoms with Gasteiger partial charge >= 0.3 is 0 Å². The van der Waals surface area contributed by atoms with Crippen LogP contribution < -0.4 is 10.2 Å². The molecule has 1 aromatic carbocycles. The molecule has 0 atom stereocenters. The van der Waals surface area contributed by atoms with Crippen LogP contribution in [0.5, 0.6) is 0 Å². The number of nitrogens with zero attached hydrogens (tertiary/aromatic N) is 3. The van der Waals surface area contributed by atoms with Gasteiger partial charge in [-0.2, -0.15) is 0 Å². The fraction of sp³-hybridized carbons (Fsp3) is 0.278. The normalized spacial score (nSPS) is 14.9. The number of hydrogen-bond acceptors (Lipinski definition) is 8. The van der Waals surface area contributed by atoms with E-state index in [1.165, 1.54) is 23.5 Å². The highest BCUT2D eigenvalue weighted by atomic mass is 32.1. The van der Waals surface area contributed by atoms with Crippen LogP contribution in [-0.4, -0.2) is 42.2 Å². The van der Waals surface area contributed by atoms with Gasteiger partial charge in [0.15, 0.2) is 22.4 Å². The number of carbonyl (C=O) groups excluding carboxylic acids is 1. The Balaban J connectivity index is 1.38. The number of ether oxygens (including phenoxy) is 1. The summed E-state index contributed by atoms with van der Waals surface area (Å²) in [6.07, 6.45) is 0. The first-order valence-electron chi connectivity index (χ1n) is 8.68. The number of nitrogens with one attached hydrogen (secondary N) is 1. The van der Waals surface area contributed by atoms with E-state index in [0.717, 1.165) is 27.8 Å². The topological polar surface area (TPSA) is 80.5 Å². The highest BCUT2D eigenvalue weighted by Crippen LogP contribution is 2.35. The van der Waals surface area contributed by atoms with Crippen LogP contribution in [0.3, 0.4) is 0 Å². The number of fused-ring (bicyclic) bond motifs is 2. The van der Waals surface area contributed by atoms with Crippen molar-refractivity contribution in [3.8, 4) is 0 Å². The molecule has 1 aliphatic rings. The number of thiophene rings is 1. The number of oxazole rings is 1. The van der Waals surface area contributed by atoms with Gasteiger partial charge in [0.1, 0.15) is 10.3 Å². The number of halogens is 1. The first-order valence-corrected chi connectivity index (χ1v) is 10.3. The maximum atomic E-state index is 14.3. The second kappa shape index (κ2) is 6.80. The number of carbonyl (C=O) groups is 1. The Morgan fingerprint density at radius 1 is 1.21 bits per heavy atom. The number of benzene rings is 1. The zero-order valence-corrected chi connectivity index (χ0v) is 16.5. The maximum Gasteiger partial charge on any atom is 0.265 e. The summed E-state index contributed by atoms with van der Waals surface area (Å²) in [6.45, 7) is 4.71. The van der Waals surface area contributed by atoms with E-state index in [9.17, 15) is 9.18 Å². The van der Waals surface area contributed by atoms with Gasteiger partial charge in [-0.1, -0.05) is 11.3 Å². The summed E-state index contributed by atoms with van der Waals surface area (Å²) in [5.74, 6) is -0.497. The molecule has 5 rings (SSSR count). The van der Waals surface area contributed by atoms with Gasteiger partial charge < -0.3 is 19.4 Å². The van der Waals surface area contributed by atoms with Gasteiger partial charge in [-0.05, 0) is 12.1 Å². The van der Waals surface area contributed by atoms with E-state index < -0.39 is 5.82 Å². The van der Waals surface area contributed by atoms with Gasteiger partial charge in [-0.3, -0.25) is 4.79 Å². The third kappa shape index (κ3) is 3.13. The summed E-state index contributed by atoms with van der Waals surface area (Å²) in [5.41, 5.74) is 0.923. The van der Waals surface area contributed by atoms with Gasteiger partial charge in [0, 0.05) is 26.1 Å². The number of morpholine rings is 1. The molecular weight excluding hydrogens is 403 g/mol. The second-order valence-corrected chi connectivity index (χ2v) is 8.40. The molecule has 0 unspecified atom stereocenters. The Morgan fingerprint density at radius 3 is 2.82 bits per heavy atom. The highest BCUT2D eigenvalue weighted by Gasteiger charge is 2.20. The third-order valence-electron chi connectivity index (χ3n) is 4.42. The van der Waals surface area contributed by atoms with E-state index >= 15 is 0 Å². The van der Waals surface area contributed by atoms with Crippen molar-refractivity contribution in [2.24, 2.45) is 0 Å². The Morgan fingerprint density at radius 2 is 2.04 bits per heavy atom. The third-order valence-corrected chi connectivity index (χ3v) is 6.64. The summed E-state index contributed by atoms with van der Waals surface area (Å²) in [5, 5.41) is 3.56. The molecule has 4 aromatic rings. The Kier molecular flexibility index (Phi) is 4.26. The van der Waals surface area contributed by atoms with Crippen LogP contribution in [0.4, 0.5) is 15.2 Å². The van der Waals surface area contributed by atoms with E-state index in [2.05, 4.69) is 20.2 Å². The fourth-order valence-corrected chi connectivity index (χ4v) is 5.23. The monoisotopic (exact) mass is 418 g/mol. The first-order chi connectivity index (χ1) is 13.6. The van der Waals surface area contributed by atoms with Crippen LogP contribution in [0, 0.1) is 12.7 Å². The van der Waals surface area contributed by atoms with E-state index in [1.54, 1.807) is 24.3 Å². The first kappa shape index (κ1) is 17.5. The molecule has 0 aliphatic carbocycles. The number of hydrogen-bond donors (Lipinski definition) is 1. The Bertz CT molecular complexity index is 1160. The van der Waals surface area contributed by atoms with Crippen molar-refractivity contribution in [3.63, 3.8) is 0 Å². The van der Waals surface area contributed by atoms with Crippen molar-refractivity contribution < 1.29 is 18.3 Å². The van der Waals surface area contributed by atoms with Gasteiger partial charge in [0.2, 0.25) is 0 Å². The molecule has 1 amide bonds. The lowest BCUT2D eigenvalue weighted by molar-refractivity contribution is 0.103. The summed E-state index contributed by atoms with van der Waals surface area (Å²) < 4.78 is 25.9. The van der Waals surface area contributed by atoms with Crippen LogP contribution in [0.15, 0.2) is 22.6 Å². The molecule has 0 radical (unpaired) electrons. The average molecular weight is 418 g/mol. The predicted molar refractivity (Wildman–Crippen MR) is 107 cm³/mol. The number of aromatic nitrogens is 2. The van der Waals surface area contributed by atoms with Crippen molar-refractivity contribution in [1.82, 2.24) is 9.97 Å². The smallest absolute Gasteiger partial charge is 0.265 e. The highest BCUT2D eigenvalue weighted by molar-refractivity contribution is 7.29. The zero-order chi connectivity index (χ0) is 19.3. The van der Waals surface area contributed by atoms with E-state index in [0.29, 0.717) is 35.1 Å². The van der Waals surface area contributed by atoms with Crippen molar-refractivity contribution in [2.75, 3.05) is 36.5 Å². The molecule has 4 heterocycles. The number of thiazole rings is 1. The van der Waals surface area contributed by atoms with E-state index in [-0.39, 0.29) is 11.6 Å². The number of anilines is 2. The zero-order valence-electron chi connectivity index (χ0n) is 14.8. The molecule has 3 aromatic heterocycles. The minimum Gasteiger partial charge on any atom is -0.441 e. The molecule has 0 saturated carbocycles. The quantitative estimate of drug-likeness (QED) is 0.541. The summed E-state index contributed by atoms with van der Waals surface area (Å²) in [6, 6.07) is 4.51. The van der Waals surface area contributed by atoms with Crippen LogP contribution in [0.2, 0.25) is 0 Å². The molecule has 1 saturated heterocycles. The minimum atomic E-state index is -0.567. The van der Waals surface area contributed by atoms with Crippen molar-refractivity contribution in [1.29, 1.82) is 0 Å². The Labute approximate surface area is 166 Å². The number of aryl methyl sites for hydroxylation is 1. The van der Waals surface area contributed by atoms with Crippen LogP contribution >= 0.6 is 22.7 Å².